The minimum absolute atomic E-state index is 0.0917. The highest BCUT2D eigenvalue weighted by atomic mass is 79.9. The Morgan fingerprint density at radius 1 is 1.21 bits per heavy atom. The zero-order valence-corrected chi connectivity index (χ0v) is 15.4. The SMILES string of the molecule is Cc1ccc(C)c(Nc2c(Cl)c(C(=O)O)nc3ccc(Br)cc23)c1. The number of nitrogens with one attached hydrogen (secondary N) is 1. The summed E-state index contributed by atoms with van der Waals surface area (Å²) >= 11 is 9.79. The van der Waals surface area contributed by atoms with Gasteiger partial charge in [0.15, 0.2) is 5.69 Å². The average molecular weight is 406 g/mol. The van der Waals surface area contributed by atoms with Crippen molar-refractivity contribution < 1.29 is 9.90 Å². The Morgan fingerprint density at radius 2 is 1.96 bits per heavy atom. The lowest BCUT2D eigenvalue weighted by Crippen LogP contribution is -2.05. The third-order valence-electron chi connectivity index (χ3n) is 3.74. The Labute approximate surface area is 152 Å². The van der Waals surface area contributed by atoms with Crippen LogP contribution in [0.15, 0.2) is 40.9 Å². The number of aryl methyl sites for hydroxylation is 2. The van der Waals surface area contributed by atoms with E-state index in [1.54, 1.807) is 6.07 Å². The quantitative estimate of drug-likeness (QED) is 0.586. The zero-order valence-electron chi connectivity index (χ0n) is 13.0. The molecule has 2 aromatic carbocycles. The van der Waals surface area contributed by atoms with Crippen molar-refractivity contribution >= 4 is 55.8 Å². The summed E-state index contributed by atoms with van der Waals surface area (Å²) in [4.78, 5) is 15.6. The van der Waals surface area contributed by atoms with Gasteiger partial charge in [-0.05, 0) is 49.2 Å². The lowest BCUT2D eigenvalue weighted by molar-refractivity contribution is 0.0691. The number of carboxylic acid groups (broad SMARTS) is 1. The van der Waals surface area contributed by atoms with Crippen LogP contribution in [0, 0.1) is 13.8 Å². The maximum absolute atomic E-state index is 11.5. The highest BCUT2D eigenvalue weighted by molar-refractivity contribution is 9.10. The number of hydrogen-bond acceptors (Lipinski definition) is 3. The van der Waals surface area contributed by atoms with E-state index in [1.807, 2.05) is 44.2 Å². The molecule has 0 saturated carbocycles. The van der Waals surface area contributed by atoms with E-state index in [4.69, 9.17) is 11.6 Å². The summed E-state index contributed by atoms with van der Waals surface area (Å²) in [5.74, 6) is -1.16. The summed E-state index contributed by atoms with van der Waals surface area (Å²) in [5, 5.41) is 13.5. The van der Waals surface area contributed by atoms with E-state index in [-0.39, 0.29) is 10.7 Å². The predicted octanol–water partition coefficient (Wildman–Crippen LogP) is 5.71. The van der Waals surface area contributed by atoms with Crippen LogP contribution in [0.25, 0.3) is 10.9 Å². The zero-order chi connectivity index (χ0) is 17.4. The van der Waals surface area contributed by atoms with Gasteiger partial charge in [0.05, 0.1) is 16.2 Å². The third-order valence-corrected chi connectivity index (χ3v) is 4.60. The van der Waals surface area contributed by atoms with E-state index in [0.717, 1.165) is 26.7 Å². The van der Waals surface area contributed by atoms with Gasteiger partial charge in [-0.3, -0.25) is 0 Å². The second-order valence-corrected chi connectivity index (χ2v) is 6.85. The molecule has 1 aromatic heterocycles. The summed E-state index contributed by atoms with van der Waals surface area (Å²) in [6, 6.07) is 11.5. The van der Waals surface area contributed by atoms with Gasteiger partial charge in [-0.1, -0.05) is 39.7 Å². The molecule has 0 spiro atoms. The molecule has 0 aliphatic rings. The minimum atomic E-state index is -1.16. The summed E-state index contributed by atoms with van der Waals surface area (Å²) in [6.45, 7) is 3.98. The summed E-state index contributed by atoms with van der Waals surface area (Å²) in [5.41, 5.74) is 3.94. The third kappa shape index (κ3) is 3.09. The molecular weight excluding hydrogens is 392 g/mol. The van der Waals surface area contributed by atoms with E-state index in [0.29, 0.717) is 11.2 Å². The van der Waals surface area contributed by atoms with E-state index < -0.39 is 5.97 Å². The molecule has 122 valence electrons. The highest BCUT2D eigenvalue weighted by Gasteiger charge is 2.19. The number of aromatic nitrogens is 1. The standard InChI is InChI=1S/C18H14BrClN2O2/c1-9-3-4-10(2)14(7-9)22-16-12-8-11(19)5-6-13(12)21-17(15(16)20)18(23)24/h3-8H,1-2H3,(H,21,22)(H,23,24). The monoisotopic (exact) mass is 404 g/mol. The second kappa shape index (κ2) is 6.42. The maximum atomic E-state index is 11.5. The van der Waals surface area contributed by atoms with E-state index in [9.17, 15) is 9.90 Å². The fourth-order valence-electron chi connectivity index (χ4n) is 2.48. The Morgan fingerprint density at radius 3 is 2.67 bits per heavy atom. The number of aromatic carboxylic acids is 1. The normalized spacial score (nSPS) is 10.8. The molecule has 0 fully saturated rings. The molecule has 2 N–H and O–H groups in total. The maximum Gasteiger partial charge on any atom is 0.356 e. The first-order valence-electron chi connectivity index (χ1n) is 7.23. The van der Waals surface area contributed by atoms with Crippen molar-refractivity contribution in [2.45, 2.75) is 13.8 Å². The molecule has 0 radical (unpaired) electrons. The van der Waals surface area contributed by atoms with Crippen molar-refractivity contribution in [1.29, 1.82) is 0 Å². The molecule has 0 atom stereocenters. The molecule has 4 nitrogen and oxygen atoms in total. The van der Waals surface area contributed by atoms with Crippen LogP contribution in [0.3, 0.4) is 0 Å². The Balaban J connectivity index is 2.28. The van der Waals surface area contributed by atoms with Crippen LogP contribution in [0.2, 0.25) is 5.02 Å². The smallest absolute Gasteiger partial charge is 0.356 e. The fourth-order valence-corrected chi connectivity index (χ4v) is 3.11. The number of carbonyl (C=O) groups is 1. The van der Waals surface area contributed by atoms with Gasteiger partial charge >= 0.3 is 5.97 Å². The summed E-state index contributed by atoms with van der Waals surface area (Å²) in [6.07, 6.45) is 0. The number of pyridine rings is 1. The molecule has 0 aliphatic carbocycles. The van der Waals surface area contributed by atoms with Crippen molar-refractivity contribution in [1.82, 2.24) is 4.98 Å². The number of fused-ring (bicyclic) bond motifs is 1. The van der Waals surface area contributed by atoms with Gasteiger partial charge < -0.3 is 10.4 Å². The van der Waals surface area contributed by atoms with Crippen LogP contribution in [-0.4, -0.2) is 16.1 Å². The van der Waals surface area contributed by atoms with Gasteiger partial charge in [0.25, 0.3) is 0 Å². The Bertz CT molecular complexity index is 973. The number of halogens is 2. The largest absolute Gasteiger partial charge is 0.476 e. The van der Waals surface area contributed by atoms with E-state index in [2.05, 4.69) is 26.2 Å². The van der Waals surface area contributed by atoms with Crippen LogP contribution in [0.1, 0.15) is 21.6 Å². The number of anilines is 2. The van der Waals surface area contributed by atoms with Crippen LogP contribution in [0.5, 0.6) is 0 Å². The van der Waals surface area contributed by atoms with Gasteiger partial charge in [-0.2, -0.15) is 0 Å². The molecule has 0 bridgehead atoms. The van der Waals surface area contributed by atoms with E-state index in [1.165, 1.54) is 0 Å². The molecule has 0 saturated heterocycles. The molecule has 0 aliphatic heterocycles. The predicted molar refractivity (Wildman–Crippen MR) is 101 cm³/mol. The summed E-state index contributed by atoms with van der Waals surface area (Å²) < 4.78 is 0.861. The molecule has 24 heavy (non-hydrogen) atoms. The number of hydrogen-bond donors (Lipinski definition) is 2. The van der Waals surface area contributed by atoms with Gasteiger partial charge in [-0.15, -0.1) is 0 Å². The van der Waals surface area contributed by atoms with Gasteiger partial charge in [0.2, 0.25) is 0 Å². The first kappa shape index (κ1) is 16.7. The molecule has 3 aromatic rings. The second-order valence-electron chi connectivity index (χ2n) is 5.56. The lowest BCUT2D eigenvalue weighted by atomic mass is 10.1. The molecular formula is C18H14BrClN2O2. The van der Waals surface area contributed by atoms with Crippen molar-refractivity contribution in [3.05, 3.63) is 62.7 Å². The fraction of sp³-hybridized carbons (Fsp3) is 0.111. The summed E-state index contributed by atoms with van der Waals surface area (Å²) in [7, 11) is 0. The van der Waals surface area contributed by atoms with Crippen molar-refractivity contribution in [3.63, 3.8) is 0 Å². The molecule has 6 heteroatoms. The van der Waals surface area contributed by atoms with Crippen molar-refractivity contribution in [2.75, 3.05) is 5.32 Å². The molecule has 1 heterocycles. The van der Waals surface area contributed by atoms with Crippen LogP contribution in [0.4, 0.5) is 11.4 Å². The van der Waals surface area contributed by atoms with Crippen LogP contribution in [-0.2, 0) is 0 Å². The Hall–Kier alpha value is -2.11. The Kier molecular flexibility index (Phi) is 4.47. The molecule has 0 unspecified atom stereocenters. The molecule has 3 rings (SSSR count). The number of benzene rings is 2. The van der Waals surface area contributed by atoms with Gasteiger partial charge in [-0.25, -0.2) is 9.78 Å². The van der Waals surface area contributed by atoms with Crippen molar-refractivity contribution in [3.8, 4) is 0 Å². The first-order chi connectivity index (χ1) is 11.4. The lowest BCUT2D eigenvalue weighted by Gasteiger charge is -2.16. The molecule has 0 amide bonds. The number of nitrogens with zero attached hydrogens (tertiary/aromatic N) is 1. The van der Waals surface area contributed by atoms with Gasteiger partial charge in [0.1, 0.15) is 0 Å². The van der Waals surface area contributed by atoms with Crippen LogP contribution < -0.4 is 5.32 Å². The minimum Gasteiger partial charge on any atom is -0.476 e. The first-order valence-corrected chi connectivity index (χ1v) is 8.40. The van der Waals surface area contributed by atoms with Crippen LogP contribution >= 0.6 is 27.5 Å². The number of carboxylic acids is 1. The van der Waals surface area contributed by atoms with Crippen molar-refractivity contribution in [2.24, 2.45) is 0 Å². The van der Waals surface area contributed by atoms with E-state index >= 15 is 0 Å². The van der Waals surface area contributed by atoms with Gasteiger partial charge in [0, 0.05) is 15.5 Å². The topological polar surface area (TPSA) is 62.2 Å². The average Bonchev–Trinajstić information content (AvgIpc) is 2.53. The number of rotatable bonds is 3. The highest BCUT2D eigenvalue weighted by Crippen LogP contribution is 2.37.